The normalized spacial score (nSPS) is 13.2. The van der Waals surface area contributed by atoms with Crippen molar-refractivity contribution in [3.63, 3.8) is 0 Å². The molecule has 0 saturated carbocycles. The minimum absolute atomic E-state index is 0.00576. The van der Waals surface area contributed by atoms with Gasteiger partial charge in [-0.25, -0.2) is 14.6 Å². The second-order valence-corrected chi connectivity index (χ2v) is 7.64. The number of esters is 1. The molecule has 1 heterocycles. The fraction of sp³-hybridized carbons (Fsp3) is 0.467. The van der Waals surface area contributed by atoms with Crippen LogP contribution in [0, 0.1) is 6.92 Å². The first-order chi connectivity index (χ1) is 11.6. The number of nitrogens with one attached hydrogen (secondary N) is 2. The third kappa shape index (κ3) is 4.54. The van der Waals surface area contributed by atoms with Crippen molar-refractivity contribution >= 4 is 58.5 Å². The molecule has 1 aromatic rings. The number of ether oxygens (including phenoxy) is 1. The van der Waals surface area contributed by atoms with Crippen molar-refractivity contribution in [2.75, 3.05) is 11.9 Å². The molecule has 25 heavy (non-hydrogen) atoms. The van der Waals surface area contributed by atoms with Gasteiger partial charge in [0.15, 0.2) is 0 Å². The second kappa shape index (κ2) is 7.76. The molecule has 0 unspecified atom stereocenters. The predicted octanol–water partition coefficient (Wildman–Crippen LogP) is 3.07. The zero-order valence-corrected chi connectivity index (χ0v) is 15.8. The standard InChI is InChI=1S/C15H16Cl3N3O4/c1-3-25-12(22)10-9-6-4-5-8(9)7(2)19-11(10)20-14(24)21-13(23)15(16,17)18/h3-6H2,1-2H3,(H2,19,20,21,23,24). The number of aromatic nitrogens is 1. The van der Waals surface area contributed by atoms with E-state index in [1.165, 1.54) is 0 Å². The molecule has 0 bridgehead atoms. The number of pyridine rings is 1. The van der Waals surface area contributed by atoms with Crippen LogP contribution in [0.1, 0.15) is 40.5 Å². The van der Waals surface area contributed by atoms with Crippen LogP contribution in [0.3, 0.4) is 0 Å². The molecule has 1 aliphatic rings. The smallest absolute Gasteiger partial charge is 0.342 e. The van der Waals surface area contributed by atoms with E-state index in [-0.39, 0.29) is 18.0 Å². The second-order valence-electron chi connectivity index (χ2n) is 5.36. The first-order valence-corrected chi connectivity index (χ1v) is 8.67. The van der Waals surface area contributed by atoms with E-state index in [0.717, 1.165) is 24.0 Å². The maximum Gasteiger partial charge on any atom is 0.342 e. The van der Waals surface area contributed by atoms with E-state index in [1.54, 1.807) is 13.8 Å². The predicted molar refractivity (Wildman–Crippen MR) is 94.4 cm³/mol. The number of nitrogens with zero attached hydrogens (tertiary/aromatic N) is 1. The Labute approximate surface area is 159 Å². The summed E-state index contributed by atoms with van der Waals surface area (Å²) in [6.45, 7) is 3.65. The van der Waals surface area contributed by atoms with Gasteiger partial charge in [-0.15, -0.1) is 0 Å². The molecule has 0 radical (unpaired) electrons. The highest BCUT2D eigenvalue weighted by molar-refractivity contribution is 6.76. The van der Waals surface area contributed by atoms with Gasteiger partial charge in [-0.3, -0.25) is 15.4 Å². The van der Waals surface area contributed by atoms with E-state index < -0.39 is 21.7 Å². The number of fused-ring (bicyclic) bond motifs is 1. The number of amides is 3. The molecule has 10 heteroatoms. The Bertz CT molecular complexity index is 732. The lowest BCUT2D eigenvalue weighted by Gasteiger charge is -2.16. The Morgan fingerprint density at radius 2 is 1.84 bits per heavy atom. The van der Waals surface area contributed by atoms with Gasteiger partial charge in [-0.2, -0.15) is 0 Å². The van der Waals surface area contributed by atoms with Crippen LogP contribution >= 0.6 is 34.8 Å². The zero-order valence-electron chi connectivity index (χ0n) is 13.5. The molecule has 1 aromatic heterocycles. The lowest BCUT2D eigenvalue weighted by molar-refractivity contribution is -0.119. The molecule has 0 fully saturated rings. The van der Waals surface area contributed by atoms with Crippen molar-refractivity contribution in [1.29, 1.82) is 0 Å². The number of anilines is 1. The Kier molecular flexibility index (Phi) is 6.13. The molecule has 136 valence electrons. The average Bonchev–Trinajstić information content (AvgIpc) is 2.96. The summed E-state index contributed by atoms with van der Waals surface area (Å²) in [5.41, 5.74) is 2.67. The maximum absolute atomic E-state index is 12.3. The molecular formula is C15H16Cl3N3O4. The number of alkyl halides is 3. The number of halogens is 3. The quantitative estimate of drug-likeness (QED) is 0.592. The van der Waals surface area contributed by atoms with Gasteiger partial charge in [0.2, 0.25) is 0 Å². The Hall–Kier alpha value is -1.57. The van der Waals surface area contributed by atoms with Crippen molar-refractivity contribution < 1.29 is 19.1 Å². The largest absolute Gasteiger partial charge is 0.462 e. The molecule has 0 saturated heterocycles. The maximum atomic E-state index is 12.3. The Balaban J connectivity index is 2.34. The molecule has 0 aromatic carbocycles. The molecule has 7 nitrogen and oxygen atoms in total. The molecule has 2 N–H and O–H groups in total. The summed E-state index contributed by atoms with van der Waals surface area (Å²) in [5, 5.41) is 4.24. The number of carbonyl (C=O) groups excluding carboxylic acids is 3. The SMILES string of the molecule is CCOC(=O)c1c(NC(=O)NC(=O)C(Cl)(Cl)Cl)nc(C)c2c1CCC2. The van der Waals surface area contributed by atoms with E-state index in [1.807, 2.05) is 5.32 Å². The van der Waals surface area contributed by atoms with Gasteiger partial charge in [-0.05, 0) is 44.2 Å². The van der Waals surface area contributed by atoms with Crippen LogP contribution in [0.5, 0.6) is 0 Å². The molecule has 0 spiro atoms. The molecular weight excluding hydrogens is 393 g/mol. The highest BCUT2D eigenvalue weighted by Gasteiger charge is 2.33. The minimum atomic E-state index is -2.29. The van der Waals surface area contributed by atoms with Gasteiger partial charge in [0.25, 0.3) is 9.70 Å². The molecule has 3 amide bonds. The number of rotatable bonds is 3. The van der Waals surface area contributed by atoms with E-state index in [4.69, 9.17) is 39.5 Å². The van der Waals surface area contributed by atoms with Gasteiger partial charge >= 0.3 is 12.0 Å². The fourth-order valence-electron chi connectivity index (χ4n) is 2.68. The van der Waals surface area contributed by atoms with Crippen molar-refractivity contribution in [3.8, 4) is 0 Å². The van der Waals surface area contributed by atoms with Gasteiger partial charge in [0, 0.05) is 5.69 Å². The van der Waals surface area contributed by atoms with Gasteiger partial charge in [0.05, 0.1) is 6.61 Å². The van der Waals surface area contributed by atoms with Gasteiger partial charge in [0.1, 0.15) is 11.4 Å². The lowest BCUT2D eigenvalue weighted by atomic mass is 10.0. The molecule has 1 aliphatic carbocycles. The Morgan fingerprint density at radius 3 is 2.44 bits per heavy atom. The summed E-state index contributed by atoms with van der Waals surface area (Å²) in [6.07, 6.45) is 2.36. The summed E-state index contributed by atoms with van der Waals surface area (Å²) in [6, 6.07) is -0.966. The van der Waals surface area contributed by atoms with Crippen molar-refractivity contribution in [3.05, 3.63) is 22.4 Å². The summed E-state index contributed by atoms with van der Waals surface area (Å²) in [5.74, 6) is -1.70. The van der Waals surface area contributed by atoms with Crippen LogP contribution in [0.4, 0.5) is 10.6 Å². The third-order valence-corrected chi connectivity index (χ3v) is 4.18. The minimum Gasteiger partial charge on any atom is -0.462 e. The van der Waals surface area contributed by atoms with Gasteiger partial charge < -0.3 is 4.74 Å². The van der Waals surface area contributed by atoms with Crippen LogP contribution in [0.15, 0.2) is 0 Å². The first kappa shape index (κ1) is 19.8. The number of imide groups is 1. The lowest BCUT2D eigenvalue weighted by Crippen LogP contribution is -2.41. The van der Waals surface area contributed by atoms with Crippen molar-refractivity contribution in [2.24, 2.45) is 0 Å². The number of aryl methyl sites for hydroxylation is 1. The third-order valence-electron chi connectivity index (χ3n) is 3.67. The van der Waals surface area contributed by atoms with Crippen LogP contribution in [0.2, 0.25) is 0 Å². The highest BCUT2D eigenvalue weighted by Crippen LogP contribution is 2.32. The summed E-state index contributed by atoms with van der Waals surface area (Å²) >= 11 is 16.2. The number of hydrogen-bond donors (Lipinski definition) is 2. The number of urea groups is 1. The van der Waals surface area contributed by atoms with E-state index in [2.05, 4.69) is 10.3 Å². The highest BCUT2D eigenvalue weighted by atomic mass is 35.6. The van der Waals surface area contributed by atoms with Gasteiger partial charge in [-0.1, -0.05) is 34.8 Å². The number of hydrogen-bond acceptors (Lipinski definition) is 5. The fourth-order valence-corrected chi connectivity index (χ4v) is 2.82. The average molecular weight is 409 g/mol. The Morgan fingerprint density at radius 1 is 1.20 bits per heavy atom. The molecule has 0 atom stereocenters. The summed E-state index contributed by atoms with van der Waals surface area (Å²) in [7, 11) is 0. The van der Waals surface area contributed by atoms with Crippen LogP contribution < -0.4 is 10.6 Å². The molecule has 0 aliphatic heterocycles. The van der Waals surface area contributed by atoms with Crippen LogP contribution in [-0.2, 0) is 22.4 Å². The monoisotopic (exact) mass is 407 g/mol. The summed E-state index contributed by atoms with van der Waals surface area (Å²) < 4.78 is 2.78. The van der Waals surface area contributed by atoms with E-state index >= 15 is 0 Å². The zero-order chi connectivity index (χ0) is 18.8. The number of carbonyl (C=O) groups is 3. The van der Waals surface area contributed by atoms with Crippen molar-refractivity contribution in [2.45, 2.75) is 36.9 Å². The molecule has 2 rings (SSSR count). The topological polar surface area (TPSA) is 97.4 Å². The van der Waals surface area contributed by atoms with E-state index in [0.29, 0.717) is 12.1 Å². The van der Waals surface area contributed by atoms with E-state index in [9.17, 15) is 14.4 Å². The van der Waals surface area contributed by atoms with Crippen molar-refractivity contribution in [1.82, 2.24) is 10.3 Å². The van der Waals surface area contributed by atoms with Crippen LogP contribution in [-0.4, -0.2) is 33.3 Å². The van der Waals surface area contributed by atoms with Crippen LogP contribution in [0.25, 0.3) is 0 Å². The first-order valence-electron chi connectivity index (χ1n) is 7.53. The summed E-state index contributed by atoms with van der Waals surface area (Å²) in [4.78, 5) is 40.2.